The molecule has 0 unspecified atom stereocenters. The maximum absolute atomic E-state index is 14.5. The van der Waals surface area contributed by atoms with Gasteiger partial charge in [0.1, 0.15) is 24.0 Å². The molecule has 14 heteroatoms. The molecule has 1 aromatic rings. The Bertz CT molecular complexity index is 1540. The van der Waals surface area contributed by atoms with E-state index in [-0.39, 0.29) is 37.7 Å². The van der Waals surface area contributed by atoms with Crippen molar-refractivity contribution in [2.75, 3.05) is 6.54 Å². The second kappa shape index (κ2) is 15.2. The molecule has 0 spiro atoms. The predicted molar refractivity (Wildman–Crippen MR) is 183 cm³/mol. The zero-order chi connectivity index (χ0) is 37.1. The van der Waals surface area contributed by atoms with Gasteiger partial charge in [-0.05, 0) is 69.6 Å². The first-order valence-electron chi connectivity index (χ1n) is 17.3. The number of allylic oxidation sites excluding steroid dienone is 1. The van der Waals surface area contributed by atoms with Crippen LogP contribution >= 0.6 is 0 Å². The van der Waals surface area contributed by atoms with Crippen molar-refractivity contribution in [3.05, 3.63) is 46.8 Å². The third kappa shape index (κ3) is 9.19. The summed E-state index contributed by atoms with van der Waals surface area (Å²) in [5.41, 5.74) is -0.109. The van der Waals surface area contributed by atoms with E-state index in [1.807, 2.05) is 6.92 Å². The number of hydrogen-bond acceptors (Lipinski definition) is 7. The van der Waals surface area contributed by atoms with Crippen molar-refractivity contribution in [3.63, 3.8) is 0 Å². The Morgan fingerprint density at radius 3 is 2.26 bits per heavy atom. The fourth-order valence-electron chi connectivity index (χ4n) is 6.18. The minimum absolute atomic E-state index is 0.00602. The van der Waals surface area contributed by atoms with E-state index < -0.39 is 76.6 Å². The number of carbonyl (C=O) groups is 6. The number of halogens is 1. The van der Waals surface area contributed by atoms with E-state index in [2.05, 4.69) is 21.3 Å². The number of nitrogens with zero attached hydrogens (tertiary/aromatic N) is 2. The summed E-state index contributed by atoms with van der Waals surface area (Å²) in [5, 5.41) is 10.9. The SMILES string of the molecule is C/C=C1/[C@@H](OC(=O)N2Cc3cccc(F)c3C2)CN(C(=O)[C@@H](NC(=O)NC(C)(C)C)C(C)(C)C)[C@@H]1C(=O)N[C@@H](CCC)C(=O)C(=O)NC1CC1. The van der Waals surface area contributed by atoms with Gasteiger partial charge in [-0.1, -0.05) is 52.3 Å². The van der Waals surface area contributed by atoms with Gasteiger partial charge >= 0.3 is 12.1 Å². The van der Waals surface area contributed by atoms with Crippen LogP contribution in [0.3, 0.4) is 0 Å². The van der Waals surface area contributed by atoms with Gasteiger partial charge in [-0.2, -0.15) is 0 Å². The summed E-state index contributed by atoms with van der Waals surface area (Å²) in [6, 6.07) is 0.353. The highest BCUT2D eigenvalue weighted by atomic mass is 19.1. The number of nitrogens with one attached hydrogen (secondary N) is 4. The maximum atomic E-state index is 14.5. The number of urea groups is 1. The highest BCUT2D eigenvalue weighted by Crippen LogP contribution is 2.33. The summed E-state index contributed by atoms with van der Waals surface area (Å²) in [4.78, 5) is 83.6. The van der Waals surface area contributed by atoms with Gasteiger partial charge in [0.05, 0.1) is 19.1 Å². The van der Waals surface area contributed by atoms with E-state index in [1.165, 1.54) is 15.9 Å². The van der Waals surface area contributed by atoms with Gasteiger partial charge in [-0.25, -0.2) is 14.0 Å². The quantitative estimate of drug-likeness (QED) is 0.215. The van der Waals surface area contributed by atoms with Crippen molar-refractivity contribution in [2.45, 2.75) is 130 Å². The molecule has 4 N–H and O–H groups in total. The Morgan fingerprint density at radius 1 is 1.02 bits per heavy atom. The number of fused-ring (bicyclic) bond motifs is 1. The second-order valence-corrected chi connectivity index (χ2v) is 15.4. The van der Waals surface area contributed by atoms with Crippen LogP contribution in [0.25, 0.3) is 0 Å². The molecule has 1 aliphatic carbocycles. The molecule has 2 heterocycles. The van der Waals surface area contributed by atoms with Crippen molar-refractivity contribution in [3.8, 4) is 0 Å². The molecule has 6 amide bonds. The van der Waals surface area contributed by atoms with Crippen LogP contribution in [0.5, 0.6) is 0 Å². The summed E-state index contributed by atoms with van der Waals surface area (Å²) < 4.78 is 20.4. The molecule has 3 aliphatic rings. The van der Waals surface area contributed by atoms with Crippen molar-refractivity contribution < 1.29 is 37.9 Å². The maximum Gasteiger partial charge on any atom is 0.411 e. The fraction of sp³-hybridized carbons (Fsp3) is 0.611. The lowest BCUT2D eigenvalue weighted by atomic mass is 9.85. The first-order chi connectivity index (χ1) is 23.3. The lowest BCUT2D eigenvalue weighted by Gasteiger charge is -2.36. The normalized spacial score (nSPS) is 20.9. The number of benzene rings is 1. The number of likely N-dealkylation sites (tertiary alicyclic amines) is 1. The van der Waals surface area contributed by atoms with Gasteiger partial charge in [-0.15, -0.1) is 0 Å². The van der Waals surface area contributed by atoms with Crippen molar-refractivity contribution in [1.29, 1.82) is 0 Å². The predicted octanol–water partition coefficient (Wildman–Crippen LogP) is 3.45. The first kappa shape index (κ1) is 38.3. The van der Waals surface area contributed by atoms with Gasteiger partial charge in [0.25, 0.3) is 5.91 Å². The first-order valence-corrected chi connectivity index (χ1v) is 17.3. The van der Waals surface area contributed by atoms with E-state index in [4.69, 9.17) is 4.74 Å². The fourth-order valence-corrected chi connectivity index (χ4v) is 6.18. The number of hydrogen-bond donors (Lipinski definition) is 4. The number of ether oxygens (including phenoxy) is 1. The number of carbonyl (C=O) groups excluding carboxylic acids is 6. The van der Waals surface area contributed by atoms with Crippen LogP contribution in [0.15, 0.2) is 29.8 Å². The Labute approximate surface area is 293 Å². The van der Waals surface area contributed by atoms with Crippen LogP contribution in [0.4, 0.5) is 14.0 Å². The van der Waals surface area contributed by atoms with Crippen molar-refractivity contribution in [1.82, 2.24) is 31.1 Å². The molecule has 2 fully saturated rings. The zero-order valence-electron chi connectivity index (χ0n) is 30.3. The van der Waals surface area contributed by atoms with Crippen LogP contribution in [-0.2, 0) is 37.0 Å². The van der Waals surface area contributed by atoms with Gasteiger partial charge in [0.15, 0.2) is 0 Å². The summed E-state index contributed by atoms with van der Waals surface area (Å²) in [7, 11) is 0. The molecule has 1 saturated heterocycles. The topological polar surface area (TPSA) is 166 Å². The minimum Gasteiger partial charge on any atom is -0.440 e. The van der Waals surface area contributed by atoms with Crippen LogP contribution in [0.1, 0.15) is 92.2 Å². The molecular weight excluding hydrogens is 647 g/mol. The third-order valence-electron chi connectivity index (χ3n) is 8.88. The third-order valence-corrected chi connectivity index (χ3v) is 8.88. The van der Waals surface area contributed by atoms with E-state index in [0.29, 0.717) is 17.5 Å². The Morgan fingerprint density at radius 2 is 1.70 bits per heavy atom. The van der Waals surface area contributed by atoms with E-state index in [1.54, 1.807) is 66.7 Å². The molecule has 4 atom stereocenters. The molecule has 0 bridgehead atoms. The Balaban J connectivity index is 1.64. The summed E-state index contributed by atoms with van der Waals surface area (Å²) in [5.74, 6) is -3.35. The molecule has 0 radical (unpaired) electrons. The van der Waals surface area contributed by atoms with Gasteiger partial charge in [-0.3, -0.25) is 24.1 Å². The van der Waals surface area contributed by atoms with Crippen molar-refractivity contribution in [2.24, 2.45) is 5.41 Å². The average molecular weight is 699 g/mol. The molecule has 1 saturated carbocycles. The Kier molecular flexibility index (Phi) is 11.6. The van der Waals surface area contributed by atoms with Crippen LogP contribution in [0.2, 0.25) is 0 Å². The lowest BCUT2D eigenvalue weighted by Crippen LogP contribution is -2.61. The number of rotatable bonds is 10. The summed E-state index contributed by atoms with van der Waals surface area (Å²) in [6.45, 7) is 14.0. The molecule has 50 heavy (non-hydrogen) atoms. The Hall–Kier alpha value is -4.49. The highest BCUT2D eigenvalue weighted by molar-refractivity contribution is 6.38. The smallest absolute Gasteiger partial charge is 0.411 e. The number of Topliss-reactive ketones (excluding diaryl/α,β-unsaturated/α-hetero) is 1. The second-order valence-electron chi connectivity index (χ2n) is 15.4. The van der Waals surface area contributed by atoms with Gasteiger partial charge in [0, 0.05) is 23.7 Å². The van der Waals surface area contributed by atoms with Gasteiger partial charge < -0.3 is 30.9 Å². The standard InChI is InChI=1S/C36H51FN6O7/c1-9-12-25(28(44)31(46)38-21-15-16-21)39-30(45)27-22(10-2)26(50-34(49)42-17-20-13-11-14-24(37)23(20)18-42)19-43(27)32(47)29(35(3,4)5)40-33(48)41-36(6,7)8/h10-11,13-14,21,25-27,29H,9,12,15-19H2,1-8H3,(H,38,46)(H,39,45)(H2,40,41,48)/b22-10-/t25-,26-,27-,29+/m0/s1. The highest BCUT2D eigenvalue weighted by Gasteiger charge is 2.50. The van der Waals surface area contributed by atoms with Gasteiger partial charge in [0.2, 0.25) is 17.6 Å². The molecule has 274 valence electrons. The van der Waals surface area contributed by atoms with E-state index in [0.717, 1.165) is 12.8 Å². The molecule has 1 aromatic carbocycles. The lowest BCUT2D eigenvalue weighted by molar-refractivity contribution is -0.143. The largest absolute Gasteiger partial charge is 0.440 e. The van der Waals surface area contributed by atoms with E-state index >= 15 is 0 Å². The molecule has 2 aliphatic heterocycles. The zero-order valence-corrected chi connectivity index (χ0v) is 30.3. The molecule has 0 aromatic heterocycles. The molecule has 4 rings (SSSR count). The number of ketones is 1. The van der Waals surface area contributed by atoms with Crippen LogP contribution in [-0.4, -0.2) is 87.8 Å². The van der Waals surface area contributed by atoms with Crippen molar-refractivity contribution >= 4 is 35.6 Å². The monoisotopic (exact) mass is 698 g/mol. The van der Waals surface area contributed by atoms with Crippen LogP contribution in [0, 0.1) is 11.2 Å². The van der Waals surface area contributed by atoms with Crippen LogP contribution < -0.4 is 21.3 Å². The minimum atomic E-state index is -1.34. The van der Waals surface area contributed by atoms with E-state index in [9.17, 15) is 33.2 Å². The summed E-state index contributed by atoms with van der Waals surface area (Å²) >= 11 is 0. The molecule has 13 nitrogen and oxygen atoms in total. The molecular formula is C36H51FN6O7. The average Bonchev–Trinajstić information content (AvgIpc) is 3.58. The summed E-state index contributed by atoms with van der Waals surface area (Å²) in [6.07, 6.45) is 1.96. The number of amides is 6.